The number of allylic oxidation sites excluding steroid dienone is 1. The molecule has 3 nitrogen and oxygen atoms in total. The molecule has 3 heteroatoms. The third kappa shape index (κ3) is 1.98. The van der Waals surface area contributed by atoms with E-state index in [1.165, 1.54) is 5.57 Å². The minimum Gasteiger partial charge on any atom is -0.300 e. The van der Waals surface area contributed by atoms with Crippen molar-refractivity contribution in [3.05, 3.63) is 11.6 Å². The van der Waals surface area contributed by atoms with Gasteiger partial charge in [-0.3, -0.25) is 14.6 Å². The fourth-order valence-electron chi connectivity index (χ4n) is 6.63. The molecule has 0 radical (unpaired) electrons. The molecule has 0 heterocycles. The lowest BCUT2D eigenvalue weighted by molar-refractivity contribution is -0.133. The lowest BCUT2D eigenvalue weighted by atomic mass is 9.47. The molecular weight excluding hydrogens is 286 g/mol. The van der Waals surface area contributed by atoms with Gasteiger partial charge in [-0.2, -0.15) is 0 Å². The van der Waals surface area contributed by atoms with Crippen LogP contribution < -0.4 is 0 Å². The van der Waals surface area contributed by atoms with Crippen LogP contribution in [0.3, 0.4) is 0 Å². The molecule has 4 rings (SSSR count). The average molecular weight is 313 g/mol. The quantitative estimate of drug-likeness (QED) is 0.729. The van der Waals surface area contributed by atoms with Crippen molar-refractivity contribution in [1.82, 2.24) is 0 Å². The van der Waals surface area contributed by atoms with E-state index in [0.717, 1.165) is 44.9 Å². The van der Waals surface area contributed by atoms with Crippen molar-refractivity contribution in [2.75, 3.05) is 6.54 Å². The van der Waals surface area contributed by atoms with Crippen LogP contribution in [0.1, 0.15) is 58.3 Å². The fraction of sp³-hybridized carbons (Fsp3) is 0.750. The van der Waals surface area contributed by atoms with Crippen LogP contribution in [-0.2, 0) is 9.59 Å². The second-order valence-corrected chi connectivity index (χ2v) is 8.51. The first kappa shape index (κ1) is 15.3. The Hall–Kier alpha value is -1.25. The molecule has 3 saturated carbocycles. The Labute approximate surface area is 138 Å². The van der Waals surface area contributed by atoms with E-state index in [-0.39, 0.29) is 10.8 Å². The molecule has 0 aromatic rings. The van der Waals surface area contributed by atoms with Crippen LogP contribution in [0.4, 0.5) is 0 Å². The van der Waals surface area contributed by atoms with Crippen LogP contribution >= 0.6 is 0 Å². The summed E-state index contributed by atoms with van der Waals surface area (Å²) in [6.45, 7) is 6.70. The normalized spacial score (nSPS) is 45.8. The monoisotopic (exact) mass is 313 g/mol. The zero-order valence-corrected chi connectivity index (χ0v) is 14.1. The molecule has 0 N–H and O–H groups in total. The lowest BCUT2D eigenvalue weighted by Crippen LogP contribution is -2.52. The highest BCUT2D eigenvalue weighted by molar-refractivity contribution is 5.91. The van der Waals surface area contributed by atoms with Gasteiger partial charge in [-0.1, -0.05) is 12.5 Å². The average Bonchev–Trinajstić information content (AvgIpc) is 2.86. The summed E-state index contributed by atoms with van der Waals surface area (Å²) in [6, 6.07) is 0. The summed E-state index contributed by atoms with van der Waals surface area (Å²) < 4.78 is 0. The molecule has 0 aromatic heterocycles. The summed E-state index contributed by atoms with van der Waals surface area (Å²) >= 11 is 0. The Kier molecular flexibility index (Phi) is 3.40. The maximum absolute atomic E-state index is 12.7. The number of hydrogen-bond donors (Lipinski definition) is 0. The molecule has 124 valence electrons. The van der Waals surface area contributed by atoms with E-state index in [4.69, 9.17) is 0 Å². The molecule has 0 aliphatic heterocycles. The summed E-state index contributed by atoms with van der Waals surface area (Å²) in [6.07, 6.45) is 9.73. The predicted octanol–water partition coefficient (Wildman–Crippen LogP) is 3.77. The van der Waals surface area contributed by atoms with Gasteiger partial charge < -0.3 is 0 Å². The maximum Gasteiger partial charge on any atom is 0.155 e. The molecule has 0 aromatic carbocycles. The summed E-state index contributed by atoms with van der Waals surface area (Å²) in [5.74, 6) is 2.53. The molecule has 0 bridgehead atoms. The summed E-state index contributed by atoms with van der Waals surface area (Å²) in [4.78, 5) is 28.7. The van der Waals surface area contributed by atoms with Crippen LogP contribution in [0.2, 0.25) is 0 Å². The number of carbonyl (C=O) groups excluding carboxylic acids is 2. The minimum atomic E-state index is -0.203. The van der Waals surface area contributed by atoms with Crippen LogP contribution in [0.25, 0.3) is 0 Å². The molecule has 0 saturated heterocycles. The molecule has 23 heavy (non-hydrogen) atoms. The van der Waals surface area contributed by atoms with Gasteiger partial charge in [0.25, 0.3) is 0 Å². The highest BCUT2D eigenvalue weighted by Crippen LogP contribution is 2.64. The van der Waals surface area contributed by atoms with Crippen LogP contribution in [0.5, 0.6) is 0 Å². The highest BCUT2D eigenvalue weighted by atomic mass is 16.1. The van der Waals surface area contributed by atoms with Gasteiger partial charge in [0.05, 0.1) is 12.0 Å². The summed E-state index contributed by atoms with van der Waals surface area (Å²) in [5, 5.41) is 0. The topological polar surface area (TPSA) is 46.5 Å². The Morgan fingerprint density at radius 2 is 1.96 bits per heavy atom. The van der Waals surface area contributed by atoms with Gasteiger partial charge in [-0.05, 0) is 74.5 Å². The van der Waals surface area contributed by atoms with E-state index in [1.807, 2.05) is 6.08 Å². The number of hydrogen-bond acceptors (Lipinski definition) is 3. The number of ketones is 2. The van der Waals surface area contributed by atoms with Gasteiger partial charge in [0.1, 0.15) is 5.78 Å². The Bertz CT molecular complexity index is 607. The van der Waals surface area contributed by atoms with Crippen molar-refractivity contribution >= 4 is 18.3 Å². The van der Waals surface area contributed by atoms with E-state index in [0.29, 0.717) is 42.3 Å². The molecule has 0 amide bonds. The summed E-state index contributed by atoms with van der Waals surface area (Å²) in [7, 11) is 0. The fourth-order valence-corrected chi connectivity index (χ4v) is 6.63. The maximum atomic E-state index is 12.7. The molecule has 5 atom stereocenters. The van der Waals surface area contributed by atoms with Crippen molar-refractivity contribution in [3.63, 3.8) is 0 Å². The molecular formula is C20H27NO2. The molecule has 4 aliphatic carbocycles. The van der Waals surface area contributed by atoms with Crippen molar-refractivity contribution in [1.29, 1.82) is 0 Å². The number of rotatable bonds is 2. The van der Waals surface area contributed by atoms with E-state index in [1.54, 1.807) is 0 Å². The second kappa shape index (κ2) is 5.12. The molecule has 4 aliphatic rings. The first-order chi connectivity index (χ1) is 11.0. The van der Waals surface area contributed by atoms with Gasteiger partial charge in [0.15, 0.2) is 5.78 Å². The van der Waals surface area contributed by atoms with E-state index < -0.39 is 0 Å². The smallest absolute Gasteiger partial charge is 0.155 e. The summed E-state index contributed by atoms with van der Waals surface area (Å²) in [5.41, 5.74) is 1.38. The number of nitrogens with zero attached hydrogens (tertiary/aromatic N) is 1. The molecule has 0 spiro atoms. The predicted molar refractivity (Wildman–Crippen MR) is 90.5 cm³/mol. The van der Waals surface area contributed by atoms with Gasteiger partial charge in [0.2, 0.25) is 0 Å². The Balaban J connectivity index is 1.70. The lowest BCUT2D eigenvalue weighted by Gasteiger charge is -2.57. The Morgan fingerprint density at radius 3 is 2.74 bits per heavy atom. The standard InChI is InChI=1S/C20H27NO2/c1-19-9-7-14(22)11-13(19)3-4-15-16(19)8-10-20(12-21-2)17(15)5-6-18(20)23/h11,15-17H,2-10,12H2,1H3/t15-,16+,17+,19+,20-/m1/s1. The molecule has 0 unspecified atom stereocenters. The first-order valence-corrected chi connectivity index (χ1v) is 9.21. The number of carbonyl (C=O) groups is 2. The van der Waals surface area contributed by atoms with Gasteiger partial charge in [-0.15, -0.1) is 0 Å². The number of fused-ring (bicyclic) bond motifs is 5. The molecule has 3 fully saturated rings. The zero-order chi connectivity index (χ0) is 16.2. The van der Waals surface area contributed by atoms with Crippen molar-refractivity contribution in [2.45, 2.75) is 58.3 Å². The number of Topliss-reactive ketones (excluding diaryl/α,β-unsaturated/α-hetero) is 1. The minimum absolute atomic E-state index is 0.191. The third-order valence-corrected chi connectivity index (χ3v) is 7.80. The van der Waals surface area contributed by atoms with Crippen molar-refractivity contribution < 1.29 is 9.59 Å². The highest BCUT2D eigenvalue weighted by Gasteiger charge is 2.60. The van der Waals surface area contributed by atoms with Crippen molar-refractivity contribution in [2.24, 2.45) is 33.6 Å². The van der Waals surface area contributed by atoms with Crippen LogP contribution in [0, 0.1) is 28.6 Å². The first-order valence-electron chi connectivity index (χ1n) is 9.21. The third-order valence-electron chi connectivity index (χ3n) is 7.80. The van der Waals surface area contributed by atoms with E-state index >= 15 is 0 Å². The van der Waals surface area contributed by atoms with Crippen LogP contribution in [0.15, 0.2) is 16.6 Å². The van der Waals surface area contributed by atoms with Gasteiger partial charge >= 0.3 is 0 Å². The van der Waals surface area contributed by atoms with Gasteiger partial charge in [0, 0.05) is 12.8 Å². The SMILES string of the molecule is C=NC[C@]12CC[C@H]3[C@@H](CCC4=CC(=O)CC[C@@]43C)[C@@H]1CCC2=O. The van der Waals surface area contributed by atoms with E-state index in [2.05, 4.69) is 18.6 Å². The Morgan fingerprint density at radius 1 is 1.13 bits per heavy atom. The van der Waals surface area contributed by atoms with E-state index in [9.17, 15) is 9.59 Å². The second-order valence-electron chi connectivity index (χ2n) is 8.51. The van der Waals surface area contributed by atoms with Gasteiger partial charge in [-0.25, -0.2) is 0 Å². The number of aliphatic imine (C=N–C) groups is 1. The van der Waals surface area contributed by atoms with Crippen molar-refractivity contribution in [3.8, 4) is 0 Å². The largest absolute Gasteiger partial charge is 0.300 e. The van der Waals surface area contributed by atoms with Crippen LogP contribution in [-0.4, -0.2) is 24.8 Å². The zero-order valence-electron chi connectivity index (χ0n) is 14.1.